The molecule has 48 heavy (non-hydrogen) atoms. The molecule has 3 N–H and O–H groups in total. The van der Waals surface area contributed by atoms with Crippen LogP contribution < -0.4 is 16.0 Å². The van der Waals surface area contributed by atoms with Crippen molar-refractivity contribution in [2.75, 3.05) is 66.1 Å². The van der Waals surface area contributed by atoms with E-state index in [-0.39, 0.29) is 30.6 Å². The van der Waals surface area contributed by atoms with Crippen molar-refractivity contribution >= 4 is 29.4 Å². The fourth-order valence-corrected chi connectivity index (χ4v) is 6.55. The first kappa shape index (κ1) is 37.6. The highest BCUT2D eigenvalue weighted by Gasteiger charge is 2.29. The molecule has 4 rings (SSSR count). The van der Waals surface area contributed by atoms with Crippen LogP contribution in [0.5, 0.6) is 0 Å². The average molecular weight is 686 g/mol. The zero-order chi connectivity index (χ0) is 34.1. The minimum atomic E-state index is -0.653. The molecular weight excluding hydrogens is 630 g/mol. The number of morpholine rings is 1. The Morgan fingerprint density at radius 1 is 0.958 bits per heavy atom. The van der Waals surface area contributed by atoms with Crippen molar-refractivity contribution in [2.24, 2.45) is 5.92 Å². The van der Waals surface area contributed by atoms with Gasteiger partial charge in [0.25, 0.3) is 0 Å². The number of hydrogen-bond donors (Lipinski definition) is 3. The molecule has 13 heteroatoms. The van der Waals surface area contributed by atoms with Crippen molar-refractivity contribution in [1.82, 2.24) is 35.6 Å². The first-order valence-electron chi connectivity index (χ1n) is 17.5. The molecule has 12 nitrogen and oxygen atoms in total. The van der Waals surface area contributed by atoms with Gasteiger partial charge in [0, 0.05) is 64.1 Å². The summed E-state index contributed by atoms with van der Waals surface area (Å²) >= 11 is 1.44. The minimum Gasteiger partial charge on any atom is -0.444 e. The lowest BCUT2D eigenvalue weighted by Crippen LogP contribution is -2.57. The summed E-state index contributed by atoms with van der Waals surface area (Å²) in [4.78, 5) is 51.4. The molecule has 1 aromatic heterocycles. The molecule has 2 saturated heterocycles. The van der Waals surface area contributed by atoms with Crippen molar-refractivity contribution in [2.45, 2.75) is 77.1 Å². The second-order valence-electron chi connectivity index (χ2n) is 13.1. The number of carbonyl (C=O) groups excluding carboxylic acids is 3. The van der Waals surface area contributed by atoms with E-state index in [0.717, 1.165) is 49.5 Å². The van der Waals surface area contributed by atoms with Crippen LogP contribution in [0.1, 0.15) is 56.4 Å². The van der Waals surface area contributed by atoms with Crippen LogP contribution in [0, 0.1) is 5.92 Å². The standard InChI is InChI=1S/C35H55N7O5S/c1-4-27(2)22-29(10-11-30(23-28-8-6-5-7-9-28)38-35(45)47-25-31-24-36-26-48-31)37-33(43)32(12-13-41-18-20-46-21-19-41)39-34(44)42-16-14-40(3)15-17-42/h5-9,24,26-27,29-30,32H,4,10-23,25H2,1-3H3,(H,37,43)(H,38,45)(H,39,44). The number of nitrogens with one attached hydrogen (secondary N) is 3. The maximum absolute atomic E-state index is 14.0. The van der Waals surface area contributed by atoms with Gasteiger partial charge >= 0.3 is 12.1 Å². The second-order valence-corrected chi connectivity index (χ2v) is 14.1. The molecule has 0 radical (unpaired) electrons. The number of piperazine rings is 1. The van der Waals surface area contributed by atoms with Crippen LogP contribution in [-0.4, -0.2) is 122 Å². The Balaban J connectivity index is 1.41. The van der Waals surface area contributed by atoms with Crippen LogP contribution in [-0.2, 0) is 27.3 Å². The Hall–Kier alpha value is -3.26. The topological polar surface area (TPSA) is 128 Å². The van der Waals surface area contributed by atoms with Crippen molar-refractivity contribution in [3.8, 4) is 0 Å². The van der Waals surface area contributed by atoms with E-state index in [1.54, 1.807) is 16.6 Å². The number of amides is 4. The van der Waals surface area contributed by atoms with E-state index < -0.39 is 12.1 Å². The van der Waals surface area contributed by atoms with Crippen molar-refractivity contribution in [1.29, 1.82) is 0 Å². The summed E-state index contributed by atoms with van der Waals surface area (Å²) in [5, 5.41) is 9.49. The Labute approximate surface area is 289 Å². The van der Waals surface area contributed by atoms with Gasteiger partial charge in [-0.1, -0.05) is 50.6 Å². The normalized spacial score (nSPS) is 18.4. The molecule has 0 bridgehead atoms. The van der Waals surface area contributed by atoms with Gasteiger partial charge in [-0.2, -0.15) is 0 Å². The SMILES string of the molecule is CCC(C)CC(CCC(Cc1ccccc1)NC(=O)OCc1cncs1)NC(=O)C(CCN1CCOCC1)NC(=O)N1CCN(C)CC1. The molecule has 0 saturated carbocycles. The van der Waals surface area contributed by atoms with E-state index in [0.29, 0.717) is 64.4 Å². The number of nitrogens with zero attached hydrogens (tertiary/aromatic N) is 4. The van der Waals surface area contributed by atoms with Gasteiger partial charge in [0.05, 0.1) is 23.6 Å². The van der Waals surface area contributed by atoms with E-state index in [9.17, 15) is 14.4 Å². The zero-order valence-electron chi connectivity index (χ0n) is 28.9. The lowest BCUT2D eigenvalue weighted by Gasteiger charge is -2.34. The molecule has 2 fully saturated rings. The number of urea groups is 1. The maximum atomic E-state index is 14.0. The molecule has 3 heterocycles. The molecule has 4 atom stereocenters. The molecule has 4 amide bonds. The molecular formula is C35H55N7O5S. The monoisotopic (exact) mass is 685 g/mol. The van der Waals surface area contributed by atoms with E-state index in [1.807, 2.05) is 18.2 Å². The highest BCUT2D eigenvalue weighted by molar-refractivity contribution is 7.09. The van der Waals surface area contributed by atoms with Crippen molar-refractivity contribution in [3.63, 3.8) is 0 Å². The van der Waals surface area contributed by atoms with Gasteiger partial charge < -0.3 is 35.2 Å². The van der Waals surface area contributed by atoms with Crippen LogP contribution in [0.25, 0.3) is 0 Å². The number of thiazole rings is 1. The van der Waals surface area contributed by atoms with E-state index in [1.165, 1.54) is 11.3 Å². The summed E-state index contributed by atoms with van der Waals surface area (Å²) < 4.78 is 11.0. The fraction of sp³-hybridized carbons (Fsp3) is 0.657. The third-order valence-electron chi connectivity index (χ3n) is 9.31. The molecule has 0 spiro atoms. The number of benzene rings is 1. The highest BCUT2D eigenvalue weighted by atomic mass is 32.1. The Morgan fingerprint density at radius 2 is 1.69 bits per heavy atom. The Kier molecular flexibility index (Phi) is 15.9. The van der Waals surface area contributed by atoms with Gasteiger partial charge in [-0.15, -0.1) is 11.3 Å². The van der Waals surface area contributed by atoms with Gasteiger partial charge in [-0.3, -0.25) is 14.7 Å². The zero-order valence-corrected chi connectivity index (χ0v) is 29.7. The molecule has 266 valence electrons. The van der Waals surface area contributed by atoms with E-state index in [4.69, 9.17) is 9.47 Å². The summed E-state index contributed by atoms with van der Waals surface area (Å²) in [6, 6.07) is 8.92. The number of hydrogen-bond acceptors (Lipinski definition) is 9. The first-order valence-corrected chi connectivity index (χ1v) is 18.4. The number of likely N-dealkylation sites (N-methyl/N-ethyl adjacent to an activating group) is 1. The predicted molar refractivity (Wildman–Crippen MR) is 188 cm³/mol. The fourth-order valence-electron chi connectivity index (χ4n) is 6.04. The smallest absolute Gasteiger partial charge is 0.407 e. The quantitative estimate of drug-likeness (QED) is 0.230. The first-order chi connectivity index (χ1) is 23.3. The molecule has 2 aliphatic heterocycles. The summed E-state index contributed by atoms with van der Waals surface area (Å²) in [5.41, 5.74) is 2.83. The molecule has 2 aromatic rings. The Morgan fingerprint density at radius 3 is 2.38 bits per heavy atom. The van der Waals surface area contributed by atoms with Crippen LogP contribution >= 0.6 is 11.3 Å². The van der Waals surface area contributed by atoms with Gasteiger partial charge in [-0.05, 0) is 50.6 Å². The van der Waals surface area contributed by atoms with Crippen molar-refractivity contribution in [3.05, 3.63) is 52.5 Å². The summed E-state index contributed by atoms with van der Waals surface area (Å²) in [6.45, 7) is 11.1. The van der Waals surface area contributed by atoms with Gasteiger partial charge in [0.15, 0.2) is 0 Å². The number of rotatable bonds is 17. The van der Waals surface area contributed by atoms with Gasteiger partial charge in [0.2, 0.25) is 5.91 Å². The maximum Gasteiger partial charge on any atom is 0.407 e. The lowest BCUT2D eigenvalue weighted by molar-refractivity contribution is -0.124. The third kappa shape index (κ3) is 13.3. The Bertz CT molecular complexity index is 1220. The molecule has 1 aromatic carbocycles. The predicted octanol–water partition coefficient (Wildman–Crippen LogP) is 3.73. The van der Waals surface area contributed by atoms with Gasteiger partial charge in [0.1, 0.15) is 12.6 Å². The summed E-state index contributed by atoms with van der Waals surface area (Å²) in [7, 11) is 2.05. The number of alkyl carbamates (subject to hydrolysis) is 1. The molecule has 0 aliphatic carbocycles. The second kappa shape index (κ2) is 20.3. The molecule has 2 aliphatic rings. The van der Waals surface area contributed by atoms with E-state index >= 15 is 0 Å². The number of ether oxygens (including phenoxy) is 2. The summed E-state index contributed by atoms with van der Waals surface area (Å²) in [5.74, 6) is 0.238. The van der Waals surface area contributed by atoms with Crippen LogP contribution in [0.4, 0.5) is 9.59 Å². The average Bonchev–Trinajstić information content (AvgIpc) is 3.63. The van der Waals surface area contributed by atoms with E-state index in [2.05, 4.69) is 63.8 Å². The van der Waals surface area contributed by atoms with Crippen molar-refractivity contribution < 1.29 is 23.9 Å². The van der Waals surface area contributed by atoms with Crippen LogP contribution in [0.2, 0.25) is 0 Å². The third-order valence-corrected chi connectivity index (χ3v) is 10.1. The lowest BCUT2D eigenvalue weighted by atomic mass is 9.93. The number of aromatic nitrogens is 1. The van der Waals surface area contributed by atoms with Crippen LogP contribution in [0.15, 0.2) is 42.0 Å². The number of carbonyl (C=O) groups is 3. The van der Waals surface area contributed by atoms with Crippen LogP contribution in [0.3, 0.4) is 0 Å². The molecule has 4 unspecified atom stereocenters. The summed E-state index contributed by atoms with van der Waals surface area (Å²) in [6.07, 6.45) is 5.50. The largest absolute Gasteiger partial charge is 0.444 e. The highest BCUT2D eigenvalue weighted by Crippen LogP contribution is 2.18. The minimum absolute atomic E-state index is 0.118. The van der Waals surface area contributed by atoms with Gasteiger partial charge in [-0.25, -0.2) is 9.59 Å².